The van der Waals surface area contributed by atoms with Gasteiger partial charge < -0.3 is 14.9 Å². The van der Waals surface area contributed by atoms with Crippen molar-refractivity contribution in [2.24, 2.45) is 0 Å². The van der Waals surface area contributed by atoms with Gasteiger partial charge in [0.1, 0.15) is 11.2 Å². The second-order valence-corrected chi connectivity index (χ2v) is 5.75. The largest absolute Gasteiger partial charge is 0.444 e. The molecule has 0 radical (unpaired) electrons. The van der Waals surface area contributed by atoms with Crippen LogP contribution in [0.5, 0.6) is 0 Å². The van der Waals surface area contributed by atoms with Gasteiger partial charge in [0.2, 0.25) is 0 Å². The lowest BCUT2D eigenvalue weighted by atomic mass is 9.91. The van der Waals surface area contributed by atoms with Crippen LogP contribution in [-0.2, 0) is 4.74 Å². The molecule has 18 heavy (non-hydrogen) atoms. The molecule has 106 valence electrons. The fourth-order valence-corrected chi connectivity index (χ4v) is 1.85. The monoisotopic (exact) mass is 267 g/mol. The first-order chi connectivity index (χ1) is 7.96. The van der Waals surface area contributed by atoms with Crippen molar-refractivity contribution in [3.63, 3.8) is 0 Å². The summed E-state index contributed by atoms with van der Waals surface area (Å²) in [6, 6.07) is 0. The molecule has 0 aliphatic carbocycles. The van der Waals surface area contributed by atoms with E-state index in [1.165, 1.54) is 0 Å². The quantitative estimate of drug-likeness (QED) is 0.743. The predicted octanol–water partition coefficient (Wildman–Crippen LogP) is 0.986. The molecule has 0 saturated carbocycles. The standard InChI is InChI=1S/C11H19F2NO4/c1-9(2,3)18-8(16)14-5-10(17,7-15)4-11(12,13)6-14/h15,17H,4-7H2,1-3H3. The number of alkyl halides is 2. The van der Waals surface area contributed by atoms with Gasteiger partial charge in [0.15, 0.2) is 0 Å². The molecule has 1 unspecified atom stereocenters. The van der Waals surface area contributed by atoms with Crippen molar-refractivity contribution >= 4 is 6.09 Å². The summed E-state index contributed by atoms with van der Waals surface area (Å²) in [5.74, 6) is -3.24. The van der Waals surface area contributed by atoms with Gasteiger partial charge in [0.05, 0.1) is 19.7 Å². The van der Waals surface area contributed by atoms with Crippen molar-refractivity contribution in [3.8, 4) is 0 Å². The van der Waals surface area contributed by atoms with Gasteiger partial charge in [0, 0.05) is 6.42 Å². The van der Waals surface area contributed by atoms with Gasteiger partial charge in [0.25, 0.3) is 5.92 Å². The zero-order valence-electron chi connectivity index (χ0n) is 10.7. The summed E-state index contributed by atoms with van der Waals surface area (Å²) in [6.45, 7) is 2.84. The van der Waals surface area contributed by atoms with Gasteiger partial charge in [-0.3, -0.25) is 4.90 Å². The number of amides is 1. The van der Waals surface area contributed by atoms with E-state index in [-0.39, 0.29) is 6.54 Å². The Balaban J connectivity index is 2.80. The number of carbonyl (C=O) groups excluding carboxylic acids is 1. The van der Waals surface area contributed by atoms with E-state index in [0.717, 1.165) is 4.90 Å². The summed E-state index contributed by atoms with van der Waals surface area (Å²) in [5.41, 5.74) is -2.79. The number of likely N-dealkylation sites (tertiary alicyclic amines) is 1. The minimum atomic E-state index is -3.24. The first kappa shape index (κ1) is 15.1. The molecular formula is C11H19F2NO4. The number of ether oxygens (including phenoxy) is 1. The van der Waals surface area contributed by atoms with Crippen LogP contribution in [0.25, 0.3) is 0 Å². The van der Waals surface area contributed by atoms with Crippen molar-refractivity contribution in [1.82, 2.24) is 4.90 Å². The summed E-state index contributed by atoms with van der Waals surface area (Å²) in [4.78, 5) is 12.4. The highest BCUT2D eigenvalue weighted by Crippen LogP contribution is 2.33. The van der Waals surface area contributed by atoms with Crippen LogP contribution in [0.4, 0.5) is 13.6 Å². The average Bonchev–Trinajstić information content (AvgIpc) is 2.12. The predicted molar refractivity (Wildman–Crippen MR) is 59.4 cm³/mol. The Morgan fingerprint density at radius 3 is 2.39 bits per heavy atom. The lowest BCUT2D eigenvalue weighted by Crippen LogP contribution is -2.60. The molecule has 7 heteroatoms. The molecule has 1 atom stereocenters. The number of rotatable bonds is 1. The van der Waals surface area contributed by atoms with E-state index in [0.29, 0.717) is 0 Å². The van der Waals surface area contributed by atoms with Crippen molar-refractivity contribution < 1.29 is 28.5 Å². The number of hydrogen-bond donors (Lipinski definition) is 2. The smallest absolute Gasteiger partial charge is 0.410 e. The Labute approximate surface area is 104 Å². The number of carbonyl (C=O) groups is 1. The summed E-state index contributed by atoms with van der Waals surface area (Å²) in [7, 11) is 0. The first-order valence-corrected chi connectivity index (χ1v) is 5.65. The van der Waals surface area contributed by atoms with Gasteiger partial charge >= 0.3 is 6.09 Å². The summed E-state index contributed by atoms with van der Waals surface area (Å²) >= 11 is 0. The molecule has 0 bridgehead atoms. The van der Waals surface area contributed by atoms with Crippen molar-refractivity contribution in [1.29, 1.82) is 0 Å². The third-order valence-corrected chi connectivity index (χ3v) is 2.44. The molecule has 0 aromatic carbocycles. The molecule has 5 nitrogen and oxygen atoms in total. The molecule has 2 N–H and O–H groups in total. The minimum Gasteiger partial charge on any atom is -0.444 e. The van der Waals surface area contributed by atoms with Gasteiger partial charge in [-0.2, -0.15) is 0 Å². The number of hydrogen-bond acceptors (Lipinski definition) is 4. The SMILES string of the molecule is CC(C)(C)OC(=O)N1CC(F)(F)CC(O)(CO)C1. The maximum Gasteiger partial charge on any atom is 0.410 e. The molecule has 1 rings (SSSR count). The van der Waals surface area contributed by atoms with Gasteiger partial charge in [-0.15, -0.1) is 0 Å². The van der Waals surface area contributed by atoms with Gasteiger partial charge in [-0.25, -0.2) is 13.6 Å². The van der Waals surface area contributed by atoms with E-state index in [2.05, 4.69) is 0 Å². The second kappa shape index (κ2) is 4.62. The Morgan fingerprint density at radius 1 is 1.39 bits per heavy atom. The van der Waals surface area contributed by atoms with E-state index in [1.54, 1.807) is 20.8 Å². The maximum absolute atomic E-state index is 13.4. The molecule has 0 aromatic rings. The Bertz CT molecular complexity index is 329. The number of piperidine rings is 1. The van der Waals surface area contributed by atoms with E-state index in [1.807, 2.05) is 0 Å². The van der Waals surface area contributed by atoms with Gasteiger partial charge in [-0.1, -0.05) is 0 Å². The number of β-amino-alcohol motifs (C(OH)–C–C–N with tert-alkyl or cyclic N) is 1. The van der Waals surface area contributed by atoms with Crippen LogP contribution in [0.3, 0.4) is 0 Å². The van der Waals surface area contributed by atoms with Crippen LogP contribution in [0, 0.1) is 0 Å². The molecule has 0 spiro atoms. The lowest BCUT2D eigenvalue weighted by Gasteiger charge is -2.42. The van der Waals surface area contributed by atoms with Crippen LogP contribution in [0.2, 0.25) is 0 Å². The highest BCUT2D eigenvalue weighted by atomic mass is 19.3. The number of aliphatic hydroxyl groups excluding tert-OH is 1. The zero-order chi connectivity index (χ0) is 14.2. The molecule has 1 heterocycles. The molecule has 1 aliphatic heterocycles. The van der Waals surface area contributed by atoms with Crippen molar-refractivity contribution in [2.45, 2.75) is 44.3 Å². The molecule has 1 aliphatic rings. The second-order valence-electron chi connectivity index (χ2n) is 5.75. The third kappa shape index (κ3) is 4.06. The minimum absolute atomic E-state index is 0.367. The Hall–Kier alpha value is -0.950. The highest BCUT2D eigenvalue weighted by molar-refractivity contribution is 5.68. The van der Waals surface area contributed by atoms with E-state index < -0.39 is 42.8 Å². The normalized spacial score (nSPS) is 28.1. The van der Waals surface area contributed by atoms with E-state index in [9.17, 15) is 18.7 Å². The Kier molecular flexibility index (Phi) is 3.88. The molecule has 1 fully saturated rings. The zero-order valence-corrected chi connectivity index (χ0v) is 10.7. The van der Waals surface area contributed by atoms with Crippen LogP contribution >= 0.6 is 0 Å². The third-order valence-electron chi connectivity index (χ3n) is 2.44. The van der Waals surface area contributed by atoms with Crippen molar-refractivity contribution in [3.05, 3.63) is 0 Å². The number of aliphatic hydroxyl groups is 2. The number of halogens is 2. The fourth-order valence-electron chi connectivity index (χ4n) is 1.85. The van der Waals surface area contributed by atoms with Gasteiger partial charge in [-0.05, 0) is 20.8 Å². The maximum atomic E-state index is 13.4. The summed E-state index contributed by atoms with van der Waals surface area (Å²) in [5, 5.41) is 18.7. The van der Waals surface area contributed by atoms with Crippen LogP contribution in [-0.4, -0.2) is 58.0 Å². The lowest BCUT2D eigenvalue weighted by molar-refractivity contribution is -0.162. The van der Waals surface area contributed by atoms with Crippen LogP contribution < -0.4 is 0 Å². The van der Waals surface area contributed by atoms with E-state index in [4.69, 9.17) is 9.84 Å². The summed E-state index contributed by atoms with van der Waals surface area (Å²) < 4.78 is 31.8. The first-order valence-electron chi connectivity index (χ1n) is 5.65. The highest BCUT2D eigenvalue weighted by Gasteiger charge is 2.50. The van der Waals surface area contributed by atoms with Crippen molar-refractivity contribution in [2.75, 3.05) is 19.7 Å². The summed E-state index contributed by atoms with van der Waals surface area (Å²) in [6.07, 6.45) is -1.79. The molecule has 1 saturated heterocycles. The molecule has 0 aromatic heterocycles. The molecular weight excluding hydrogens is 248 g/mol. The Morgan fingerprint density at radius 2 is 1.94 bits per heavy atom. The topological polar surface area (TPSA) is 70.0 Å². The fraction of sp³-hybridized carbons (Fsp3) is 0.909. The average molecular weight is 267 g/mol. The van der Waals surface area contributed by atoms with Crippen LogP contribution in [0.15, 0.2) is 0 Å². The number of nitrogens with zero attached hydrogens (tertiary/aromatic N) is 1. The molecule has 1 amide bonds. The van der Waals surface area contributed by atoms with Crippen LogP contribution in [0.1, 0.15) is 27.2 Å². The van der Waals surface area contributed by atoms with E-state index >= 15 is 0 Å².